The number of amides is 1. The lowest BCUT2D eigenvalue weighted by molar-refractivity contribution is -0.142. The highest BCUT2D eigenvalue weighted by molar-refractivity contribution is 5.84. The third-order valence-electron chi connectivity index (χ3n) is 8.90. The van der Waals surface area contributed by atoms with Crippen molar-refractivity contribution in [3.63, 3.8) is 0 Å². The number of aromatic nitrogens is 6. The Balaban J connectivity index is 1.10. The van der Waals surface area contributed by atoms with Gasteiger partial charge in [0.05, 0.1) is 36.0 Å². The Labute approximate surface area is 265 Å². The molecule has 12 heteroatoms. The van der Waals surface area contributed by atoms with Crippen LogP contribution in [-0.4, -0.2) is 79.2 Å². The largest absolute Gasteiger partial charge is 0.367 e. The van der Waals surface area contributed by atoms with Crippen LogP contribution in [0.4, 0.5) is 5.82 Å². The first kappa shape index (κ1) is 29.3. The first-order valence-corrected chi connectivity index (χ1v) is 15.4. The summed E-state index contributed by atoms with van der Waals surface area (Å²) in [7, 11) is 1.56. The van der Waals surface area contributed by atoms with Crippen molar-refractivity contribution in [2.24, 2.45) is 0 Å². The Bertz CT molecular complexity index is 1910. The third kappa shape index (κ3) is 5.61. The average molecular weight is 616 g/mol. The lowest BCUT2D eigenvalue weighted by atomic mass is 9.94. The van der Waals surface area contributed by atoms with Gasteiger partial charge in [-0.1, -0.05) is 30.3 Å². The van der Waals surface area contributed by atoms with Gasteiger partial charge in [-0.05, 0) is 30.5 Å². The fraction of sp³-hybridized carbons (Fsp3) is 0.324. The van der Waals surface area contributed by atoms with Gasteiger partial charge < -0.3 is 14.5 Å². The minimum absolute atomic E-state index is 0.0416. The topological polar surface area (TPSA) is 135 Å². The molecule has 1 saturated heterocycles. The quantitative estimate of drug-likeness (QED) is 0.263. The van der Waals surface area contributed by atoms with Crippen LogP contribution >= 0.6 is 0 Å². The normalized spacial score (nSPS) is 16.5. The number of benzene rings is 1. The van der Waals surface area contributed by atoms with Gasteiger partial charge in [-0.2, -0.15) is 15.5 Å². The first-order valence-electron chi connectivity index (χ1n) is 15.4. The number of carbonyl (C=O) groups excluding carboxylic acids is 2. The molecule has 5 heterocycles. The Kier molecular flexibility index (Phi) is 7.98. The summed E-state index contributed by atoms with van der Waals surface area (Å²) in [6.45, 7) is 2.40. The maximum absolute atomic E-state index is 13.2. The Morgan fingerprint density at radius 3 is 2.43 bits per heavy atom. The molecule has 4 aromatic heterocycles. The van der Waals surface area contributed by atoms with Gasteiger partial charge in [0.1, 0.15) is 28.8 Å². The van der Waals surface area contributed by atoms with E-state index in [9.17, 15) is 14.9 Å². The fourth-order valence-corrected chi connectivity index (χ4v) is 6.34. The zero-order valence-electron chi connectivity index (χ0n) is 25.5. The van der Waals surface area contributed by atoms with E-state index in [-0.39, 0.29) is 11.9 Å². The van der Waals surface area contributed by atoms with Crippen molar-refractivity contribution in [1.29, 1.82) is 5.26 Å². The van der Waals surface area contributed by atoms with E-state index >= 15 is 0 Å². The van der Waals surface area contributed by atoms with Crippen LogP contribution in [0, 0.1) is 11.3 Å². The lowest BCUT2D eigenvalue weighted by Crippen LogP contribution is -2.50. The molecule has 1 amide bonds. The predicted molar refractivity (Wildman–Crippen MR) is 170 cm³/mol. The molecule has 0 unspecified atom stereocenters. The van der Waals surface area contributed by atoms with Crippen molar-refractivity contribution in [2.75, 3.05) is 38.2 Å². The second-order valence-corrected chi connectivity index (χ2v) is 11.7. The molecule has 232 valence electrons. The number of hydrogen-bond acceptors (Lipinski definition) is 9. The van der Waals surface area contributed by atoms with Gasteiger partial charge in [-0.15, -0.1) is 0 Å². The molecule has 1 aromatic carbocycles. The maximum atomic E-state index is 13.2. The van der Waals surface area contributed by atoms with Crippen molar-refractivity contribution >= 4 is 23.0 Å². The zero-order valence-corrected chi connectivity index (χ0v) is 25.5. The number of Topliss-reactive ketones (excluding diaryl/α,β-unsaturated/α-hetero) is 1. The summed E-state index contributed by atoms with van der Waals surface area (Å²) in [4.78, 5) is 38.7. The van der Waals surface area contributed by atoms with Gasteiger partial charge in [0, 0.05) is 69.7 Å². The fourth-order valence-electron chi connectivity index (χ4n) is 6.34. The number of nitriles is 1. The van der Waals surface area contributed by atoms with Crippen LogP contribution < -0.4 is 4.90 Å². The zero-order chi connectivity index (χ0) is 31.6. The highest BCUT2D eigenvalue weighted by atomic mass is 16.5. The van der Waals surface area contributed by atoms with E-state index in [2.05, 4.69) is 21.2 Å². The molecule has 7 rings (SSSR count). The molecule has 1 aliphatic carbocycles. The summed E-state index contributed by atoms with van der Waals surface area (Å²) in [6, 6.07) is 15.9. The number of piperazine rings is 1. The van der Waals surface area contributed by atoms with Crippen molar-refractivity contribution in [2.45, 2.75) is 37.8 Å². The van der Waals surface area contributed by atoms with Crippen LogP contribution in [0.2, 0.25) is 0 Å². The second kappa shape index (κ2) is 12.5. The average Bonchev–Trinajstić information content (AvgIpc) is 3.77. The summed E-state index contributed by atoms with van der Waals surface area (Å²) < 4.78 is 9.17. The lowest BCUT2D eigenvalue weighted by Gasteiger charge is -2.36. The number of nitrogens with zero attached hydrogens (tertiary/aromatic N) is 9. The van der Waals surface area contributed by atoms with Gasteiger partial charge in [-0.25, -0.2) is 14.5 Å². The summed E-state index contributed by atoms with van der Waals surface area (Å²) in [5.74, 6) is 1.07. The molecule has 0 bridgehead atoms. The molecule has 2 fully saturated rings. The molecular formula is C34H33N9O3. The summed E-state index contributed by atoms with van der Waals surface area (Å²) in [5.41, 5.74) is 4.73. The van der Waals surface area contributed by atoms with E-state index < -0.39 is 6.10 Å². The molecule has 0 radical (unpaired) electrons. The number of rotatable bonds is 7. The van der Waals surface area contributed by atoms with Gasteiger partial charge in [0.25, 0.3) is 5.91 Å². The number of methoxy groups -OCH3 is 1. The van der Waals surface area contributed by atoms with Crippen LogP contribution in [0.15, 0.2) is 73.4 Å². The van der Waals surface area contributed by atoms with Gasteiger partial charge in [0.15, 0.2) is 6.10 Å². The van der Waals surface area contributed by atoms with E-state index in [0.717, 1.165) is 35.3 Å². The molecule has 2 aliphatic rings. The molecule has 12 nitrogen and oxygen atoms in total. The molecule has 46 heavy (non-hydrogen) atoms. The Hall–Kier alpha value is -5.41. The van der Waals surface area contributed by atoms with Crippen LogP contribution in [0.1, 0.15) is 49.0 Å². The van der Waals surface area contributed by atoms with E-state index in [1.807, 2.05) is 58.2 Å². The van der Waals surface area contributed by atoms with Crippen molar-refractivity contribution in [1.82, 2.24) is 34.3 Å². The summed E-state index contributed by atoms with van der Waals surface area (Å²) in [6.07, 6.45) is 11.0. The number of ether oxygens (including phenoxy) is 1. The summed E-state index contributed by atoms with van der Waals surface area (Å²) in [5, 5.41) is 18.8. The van der Waals surface area contributed by atoms with Gasteiger partial charge in [0.2, 0.25) is 0 Å². The highest BCUT2D eigenvalue weighted by Gasteiger charge is 2.29. The van der Waals surface area contributed by atoms with Crippen LogP contribution in [0.25, 0.3) is 28.0 Å². The molecule has 0 N–H and O–H groups in total. The standard InChI is InChI=1S/C34H33N9O3/c1-46-33(23-5-3-2-4-6-23)34(45)41-15-13-40(14-16-41)30-12-7-24(18-36-30)31-32-25(17-35)19-38-43(32)22-29(39-31)26-20-37-42(21-26)27-8-10-28(44)11-9-27/h2-7,12,18-22,27,33H,8-11,13-16H2,1H3/t33-/m1/s1. The monoisotopic (exact) mass is 615 g/mol. The number of hydrogen-bond donors (Lipinski definition) is 0. The van der Waals surface area contributed by atoms with Crippen LogP contribution in [0.5, 0.6) is 0 Å². The van der Waals surface area contributed by atoms with Crippen LogP contribution in [0.3, 0.4) is 0 Å². The number of pyridine rings is 1. The smallest absolute Gasteiger partial charge is 0.256 e. The number of carbonyl (C=O) groups is 2. The van der Waals surface area contributed by atoms with E-state index in [1.54, 1.807) is 36.4 Å². The molecule has 1 atom stereocenters. The molecular weight excluding hydrogens is 582 g/mol. The van der Waals surface area contributed by atoms with Crippen molar-refractivity contribution in [3.05, 3.63) is 84.6 Å². The molecule has 1 aliphatic heterocycles. The first-order chi connectivity index (χ1) is 22.5. The SMILES string of the molecule is CO[C@@H](C(=O)N1CCN(c2ccc(-c3nc(-c4cnn(C5CCC(=O)CC5)c4)cn4ncc(C#N)c34)cn2)CC1)c1ccccc1. The molecule has 0 spiro atoms. The summed E-state index contributed by atoms with van der Waals surface area (Å²) >= 11 is 0. The maximum Gasteiger partial charge on any atom is 0.256 e. The van der Waals surface area contributed by atoms with E-state index in [4.69, 9.17) is 14.7 Å². The van der Waals surface area contributed by atoms with Gasteiger partial charge >= 0.3 is 0 Å². The van der Waals surface area contributed by atoms with Crippen molar-refractivity contribution in [3.8, 4) is 28.6 Å². The number of anilines is 1. The Morgan fingerprint density at radius 1 is 0.957 bits per heavy atom. The minimum atomic E-state index is -0.626. The van der Waals surface area contributed by atoms with Crippen molar-refractivity contribution < 1.29 is 14.3 Å². The van der Waals surface area contributed by atoms with Gasteiger partial charge in [-0.3, -0.25) is 14.3 Å². The number of fused-ring (bicyclic) bond motifs is 1. The molecule has 1 saturated carbocycles. The van der Waals surface area contributed by atoms with E-state index in [0.29, 0.717) is 67.3 Å². The number of ketones is 1. The highest BCUT2D eigenvalue weighted by Crippen LogP contribution is 2.31. The van der Waals surface area contributed by atoms with E-state index in [1.165, 1.54) is 0 Å². The third-order valence-corrected chi connectivity index (χ3v) is 8.90. The Morgan fingerprint density at radius 2 is 1.74 bits per heavy atom. The second-order valence-electron chi connectivity index (χ2n) is 11.7. The predicted octanol–water partition coefficient (Wildman–Crippen LogP) is 4.25. The molecule has 5 aromatic rings. The van der Waals surface area contributed by atoms with Crippen LogP contribution in [-0.2, 0) is 14.3 Å². The minimum Gasteiger partial charge on any atom is -0.367 e.